The van der Waals surface area contributed by atoms with Gasteiger partial charge in [-0.05, 0) is 77.0 Å². The van der Waals surface area contributed by atoms with Crippen LogP contribution in [0.2, 0.25) is 0 Å². The first-order valence-electron chi connectivity index (χ1n) is 28.0. The molecular formula is C58H106O6. The topological polar surface area (TPSA) is 78.9 Å². The van der Waals surface area contributed by atoms with Crippen molar-refractivity contribution in [3.05, 3.63) is 36.5 Å². The molecule has 6 heteroatoms. The van der Waals surface area contributed by atoms with Gasteiger partial charge >= 0.3 is 17.9 Å². The molecule has 0 heterocycles. The Morgan fingerprint density at radius 3 is 0.906 bits per heavy atom. The second kappa shape index (κ2) is 53.2. The van der Waals surface area contributed by atoms with Crippen molar-refractivity contribution >= 4 is 17.9 Å². The van der Waals surface area contributed by atoms with Crippen molar-refractivity contribution in [3.8, 4) is 0 Å². The van der Waals surface area contributed by atoms with Crippen molar-refractivity contribution in [2.75, 3.05) is 13.2 Å². The van der Waals surface area contributed by atoms with Gasteiger partial charge in [-0.2, -0.15) is 0 Å². The molecule has 0 aliphatic heterocycles. The lowest BCUT2D eigenvalue weighted by Gasteiger charge is -2.18. The van der Waals surface area contributed by atoms with Gasteiger partial charge in [0.2, 0.25) is 0 Å². The number of unbranched alkanes of at least 4 members (excludes halogenated alkanes) is 34. The summed E-state index contributed by atoms with van der Waals surface area (Å²) in [6.07, 6.45) is 62.7. The molecule has 1 atom stereocenters. The van der Waals surface area contributed by atoms with E-state index in [1.54, 1.807) is 0 Å². The Kier molecular flexibility index (Phi) is 51.3. The number of carbonyl (C=O) groups excluding carboxylic acids is 3. The zero-order valence-electron chi connectivity index (χ0n) is 42.8. The predicted molar refractivity (Wildman–Crippen MR) is 275 cm³/mol. The maximum atomic E-state index is 12.8. The summed E-state index contributed by atoms with van der Waals surface area (Å²) in [5.74, 6) is -0.871. The molecule has 0 rings (SSSR count). The molecule has 0 aliphatic rings. The molecule has 6 nitrogen and oxygen atoms in total. The molecular weight excluding hydrogens is 793 g/mol. The molecule has 64 heavy (non-hydrogen) atoms. The molecule has 0 aliphatic carbocycles. The minimum atomic E-state index is -0.774. The van der Waals surface area contributed by atoms with E-state index < -0.39 is 6.10 Å². The van der Waals surface area contributed by atoms with Gasteiger partial charge in [0.15, 0.2) is 6.10 Å². The summed E-state index contributed by atoms with van der Waals surface area (Å²) in [6.45, 7) is 6.63. The lowest BCUT2D eigenvalue weighted by molar-refractivity contribution is -0.167. The number of carbonyl (C=O) groups is 3. The van der Waals surface area contributed by atoms with E-state index in [1.807, 2.05) is 0 Å². The van der Waals surface area contributed by atoms with E-state index in [1.165, 1.54) is 186 Å². The molecule has 0 bridgehead atoms. The van der Waals surface area contributed by atoms with Crippen molar-refractivity contribution < 1.29 is 28.6 Å². The Morgan fingerprint density at radius 2 is 0.562 bits per heavy atom. The van der Waals surface area contributed by atoms with Crippen LogP contribution in [-0.4, -0.2) is 37.2 Å². The van der Waals surface area contributed by atoms with Gasteiger partial charge in [-0.25, -0.2) is 0 Å². The number of hydrogen-bond acceptors (Lipinski definition) is 6. The normalized spacial score (nSPS) is 12.2. The van der Waals surface area contributed by atoms with Crippen molar-refractivity contribution in [3.63, 3.8) is 0 Å². The first-order chi connectivity index (χ1) is 31.5. The van der Waals surface area contributed by atoms with E-state index in [2.05, 4.69) is 57.2 Å². The molecule has 0 spiro atoms. The Balaban J connectivity index is 4.35. The van der Waals surface area contributed by atoms with Crippen molar-refractivity contribution in [1.29, 1.82) is 0 Å². The summed E-state index contributed by atoms with van der Waals surface area (Å²) in [5, 5.41) is 0. The number of ether oxygens (including phenoxy) is 3. The van der Waals surface area contributed by atoms with Crippen LogP contribution in [0.1, 0.15) is 297 Å². The van der Waals surface area contributed by atoms with Crippen LogP contribution in [0.15, 0.2) is 36.5 Å². The maximum Gasteiger partial charge on any atom is 0.306 e. The van der Waals surface area contributed by atoms with Gasteiger partial charge in [0.25, 0.3) is 0 Å². The largest absolute Gasteiger partial charge is 0.462 e. The second-order valence-electron chi connectivity index (χ2n) is 18.8. The first-order valence-corrected chi connectivity index (χ1v) is 28.0. The second-order valence-corrected chi connectivity index (χ2v) is 18.8. The van der Waals surface area contributed by atoms with Crippen molar-refractivity contribution in [2.24, 2.45) is 0 Å². The van der Waals surface area contributed by atoms with Crippen LogP contribution in [0.3, 0.4) is 0 Å². The molecule has 0 aromatic heterocycles. The zero-order chi connectivity index (χ0) is 46.5. The fourth-order valence-electron chi connectivity index (χ4n) is 8.12. The molecule has 0 N–H and O–H groups in total. The molecule has 0 saturated carbocycles. The highest BCUT2D eigenvalue weighted by Crippen LogP contribution is 2.16. The van der Waals surface area contributed by atoms with Gasteiger partial charge in [-0.3, -0.25) is 14.4 Å². The molecule has 0 saturated heterocycles. The summed E-state index contributed by atoms with van der Waals surface area (Å²) < 4.78 is 16.8. The number of esters is 3. The molecule has 374 valence electrons. The Morgan fingerprint density at radius 1 is 0.312 bits per heavy atom. The smallest absolute Gasteiger partial charge is 0.306 e. The third-order valence-electron chi connectivity index (χ3n) is 12.4. The average Bonchev–Trinajstić information content (AvgIpc) is 3.29. The maximum absolute atomic E-state index is 12.8. The van der Waals surface area contributed by atoms with E-state index in [0.717, 1.165) is 70.6 Å². The van der Waals surface area contributed by atoms with Crippen LogP contribution in [0.25, 0.3) is 0 Å². The fraction of sp³-hybridized carbons (Fsp3) is 0.845. The number of hydrogen-bond donors (Lipinski definition) is 0. The standard InChI is InChI=1S/C58H106O6/c1-4-7-10-13-16-19-22-25-27-29-31-33-36-39-42-45-48-51-57(60)63-54-55(53-62-56(59)50-47-44-41-38-35-24-21-18-15-12-9-6-3)64-58(61)52-49-46-43-40-37-34-32-30-28-26-23-20-17-14-11-8-5-2/h16,19,25-28,55H,4-15,17-18,20-24,29-54H2,1-3H3/b19-16-,27-25-,28-26-. The van der Waals surface area contributed by atoms with Crippen LogP contribution in [0.4, 0.5) is 0 Å². The van der Waals surface area contributed by atoms with E-state index in [0.29, 0.717) is 19.3 Å². The van der Waals surface area contributed by atoms with Crippen LogP contribution in [0.5, 0.6) is 0 Å². The lowest BCUT2D eigenvalue weighted by Crippen LogP contribution is -2.30. The van der Waals surface area contributed by atoms with E-state index >= 15 is 0 Å². The summed E-state index contributed by atoms with van der Waals surface area (Å²) in [4.78, 5) is 38.1. The molecule has 0 radical (unpaired) electrons. The van der Waals surface area contributed by atoms with Gasteiger partial charge in [0.1, 0.15) is 13.2 Å². The van der Waals surface area contributed by atoms with Gasteiger partial charge in [-0.1, -0.05) is 237 Å². The molecule has 1 unspecified atom stereocenters. The van der Waals surface area contributed by atoms with Crippen molar-refractivity contribution in [2.45, 2.75) is 303 Å². The van der Waals surface area contributed by atoms with Gasteiger partial charge in [0.05, 0.1) is 0 Å². The quantitative estimate of drug-likeness (QED) is 0.0262. The van der Waals surface area contributed by atoms with Gasteiger partial charge in [0, 0.05) is 19.3 Å². The van der Waals surface area contributed by atoms with E-state index in [9.17, 15) is 14.4 Å². The minimum Gasteiger partial charge on any atom is -0.462 e. The van der Waals surface area contributed by atoms with E-state index in [4.69, 9.17) is 14.2 Å². The Hall–Kier alpha value is -2.37. The monoisotopic (exact) mass is 899 g/mol. The lowest BCUT2D eigenvalue weighted by atomic mass is 10.0. The highest BCUT2D eigenvalue weighted by molar-refractivity contribution is 5.71. The van der Waals surface area contributed by atoms with Gasteiger partial charge < -0.3 is 14.2 Å². The average molecular weight is 899 g/mol. The Bertz CT molecular complexity index is 1080. The first kappa shape index (κ1) is 61.6. The van der Waals surface area contributed by atoms with Crippen LogP contribution < -0.4 is 0 Å². The van der Waals surface area contributed by atoms with Crippen LogP contribution in [-0.2, 0) is 28.6 Å². The van der Waals surface area contributed by atoms with Crippen LogP contribution in [0, 0.1) is 0 Å². The van der Waals surface area contributed by atoms with Crippen molar-refractivity contribution in [1.82, 2.24) is 0 Å². The minimum absolute atomic E-state index is 0.0731. The summed E-state index contributed by atoms with van der Waals surface area (Å²) in [6, 6.07) is 0. The summed E-state index contributed by atoms with van der Waals surface area (Å²) >= 11 is 0. The van der Waals surface area contributed by atoms with Crippen LogP contribution >= 0.6 is 0 Å². The third kappa shape index (κ3) is 50.6. The third-order valence-corrected chi connectivity index (χ3v) is 12.4. The Labute approximate surface area is 397 Å². The zero-order valence-corrected chi connectivity index (χ0v) is 42.8. The summed E-state index contributed by atoms with van der Waals surface area (Å²) in [7, 11) is 0. The number of rotatable bonds is 51. The van der Waals surface area contributed by atoms with E-state index in [-0.39, 0.29) is 31.1 Å². The highest BCUT2D eigenvalue weighted by atomic mass is 16.6. The SMILES string of the molecule is CCCCC/C=C\C/C=C\CCCCCCCCCC(=O)OCC(COC(=O)CCCCCCCCCCCCCC)OC(=O)CCCCCCCCC/C=C\CCCCCCCC. The molecule has 0 fully saturated rings. The highest BCUT2D eigenvalue weighted by Gasteiger charge is 2.19. The number of allylic oxidation sites excluding steroid dienone is 6. The van der Waals surface area contributed by atoms with Gasteiger partial charge in [-0.15, -0.1) is 0 Å². The molecule has 0 aromatic rings. The molecule has 0 amide bonds. The summed E-state index contributed by atoms with van der Waals surface area (Å²) in [5.41, 5.74) is 0. The fourth-order valence-corrected chi connectivity index (χ4v) is 8.12. The molecule has 0 aromatic carbocycles. The predicted octanol–water partition coefficient (Wildman–Crippen LogP) is 18.5.